The lowest BCUT2D eigenvalue weighted by atomic mass is 10.4. The van der Waals surface area contributed by atoms with E-state index in [9.17, 15) is 23.5 Å². The molecule has 0 amide bonds. The Hall–Kier alpha value is -1.54. The molecule has 0 aromatic heterocycles. The molecule has 13 heteroatoms. The molecule has 0 spiro atoms. The summed E-state index contributed by atoms with van der Waals surface area (Å²) in [6.45, 7) is -5.21. The van der Waals surface area contributed by atoms with E-state index in [0.29, 0.717) is 14.7 Å². The first-order chi connectivity index (χ1) is 14.5. The van der Waals surface area contributed by atoms with Crippen LogP contribution in [-0.2, 0) is 22.3 Å². The van der Waals surface area contributed by atoms with Crippen molar-refractivity contribution in [2.45, 2.75) is 14.7 Å². The maximum atomic E-state index is 13.8. The number of benzene rings is 3. The first-order valence-corrected chi connectivity index (χ1v) is 15.4. The highest BCUT2D eigenvalue weighted by Gasteiger charge is 2.53. The van der Waals surface area contributed by atoms with Crippen LogP contribution in [0.2, 0.25) is 0 Å². The molecule has 0 fully saturated rings. The van der Waals surface area contributed by atoms with Gasteiger partial charge in [0.05, 0.1) is 0 Å². The van der Waals surface area contributed by atoms with Crippen LogP contribution in [0, 0.1) is 0 Å². The second kappa shape index (κ2) is 9.14. The first kappa shape index (κ1) is 24.1. The molecule has 0 aliphatic carbocycles. The summed E-state index contributed by atoms with van der Waals surface area (Å²) in [4.78, 5) is 39.9. The van der Waals surface area contributed by atoms with E-state index in [1.807, 2.05) is 0 Å². The first-order valence-electron chi connectivity index (χ1n) is 8.61. The number of hydrogen-bond donors (Lipinski definition) is 4. The molecular formula is C18H19O9P3S. The highest BCUT2D eigenvalue weighted by atomic mass is 32.8. The molecule has 0 radical (unpaired) electrons. The van der Waals surface area contributed by atoms with Gasteiger partial charge in [-0.3, -0.25) is 0 Å². The Labute approximate surface area is 179 Å². The third-order valence-electron chi connectivity index (χ3n) is 4.01. The van der Waals surface area contributed by atoms with Gasteiger partial charge >= 0.3 is 22.4 Å². The largest absolute Gasteiger partial charge is 0.488 e. The Morgan fingerprint density at radius 2 is 0.871 bits per heavy atom. The van der Waals surface area contributed by atoms with Crippen molar-refractivity contribution in [3.8, 4) is 0 Å². The van der Waals surface area contributed by atoms with E-state index in [-0.39, 0.29) is 0 Å². The van der Waals surface area contributed by atoms with Gasteiger partial charge in [0.25, 0.3) is 0 Å². The summed E-state index contributed by atoms with van der Waals surface area (Å²) in [5.41, 5.74) is 0. The van der Waals surface area contributed by atoms with Gasteiger partial charge in [0.1, 0.15) is 0 Å². The van der Waals surface area contributed by atoms with Gasteiger partial charge in [-0.1, -0.05) is 64.2 Å². The summed E-state index contributed by atoms with van der Waals surface area (Å²) in [7, 11) is -14.4. The summed E-state index contributed by atoms with van der Waals surface area (Å²) >= 11 is 0. The van der Waals surface area contributed by atoms with E-state index in [0.717, 1.165) is 0 Å². The van der Waals surface area contributed by atoms with E-state index in [1.165, 1.54) is 0 Å². The summed E-state index contributed by atoms with van der Waals surface area (Å²) < 4.78 is 45.7. The highest BCUT2D eigenvalue weighted by Crippen LogP contribution is 2.93. The minimum absolute atomic E-state index is 0.328. The zero-order chi connectivity index (χ0) is 22.8. The molecule has 0 bridgehead atoms. The molecule has 2 unspecified atom stereocenters. The van der Waals surface area contributed by atoms with Crippen molar-refractivity contribution in [3.05, 3.63) is 91.0 Å². The van der Waals surface area contributed by atoms with Gasteiger partial charge in [0.2, 0.25) is 0 Å². The van der Waals surface area contributed by atoms with Crippen molar-refractivity contribution in [2.24, 2.45) is 0 Å². The second-order valence-electron chi connectivity index (χ2n) is 6.11. The molecule has 0 aliphatic heterocycles. The smallest absolute Gasteiger partial charge is 0.316 e. The van der Waals surface area contributed by atoms with Crippen molar-refractivity contribution >= 4 is 32.1 Å². The number of phosphoric acid groups is 2. The van der Waals surface area contributed by atoms with Gasteiger partial charge in [0, 0.05) is 14.7 Å². The SMILES string of the molecule is O=P(O)(O)OP(=O)(O)OP(=O)(O)S(c1ccccc1)(c1ccccc1)c1ccccc1. The van der Waals surface area contributed by atoms with Crippen LogP contribution in [0.4, 0.5) is 0 Å². The van der Waals surface area contributed by atoms with Crippen molar-refractivity contribution in [1.29, 1.82) is 0 Å². The summed E-state index contributed by atoms with van der Waals surface area (Å²) in [5, 5.41) is 0. The van der Waals surface area contributed by atoms with Gasteiger partial charge in [-0.2, -0.15) is 8.62 Å². The van der Waals surface area contributed by atoms with Crippen molar-refractivity contribution in [1.82, 2.24) is 0 Å². The zero-order valence-corrected chi connectivity index (χ0v) is 19.2. The standard InChI is InChI=1S/C18H19O9P3S/c19-28(20,21)26-29(22,23)27-30(24,25)31(16-10-4-1-5-11-16,17-12-6-2-7-13-17)18-14-8-3-9-15-18/h1-15H,(H,22,23)(H,24,25)(H2,19,20,21). The third-order valence-corrected chi connectivity index (χ3v) is 15.5. The van der Waals surface area contributed by atoms with E-state index < -0.39 is 32.1 Å². The number of hydrogen-bond acceptors (Lipinski definition) is 5. The molecule has 31 heavy (non-hydrogen) atoms. The van der Waals surface area contributed by atoms with E-state index >= 15 is 0 Å². The average molecular weight is 504 g/mol. The predicted octanol–water partition coefficient (Wildman–Crippen LogP) is 5.30. The Kier molecular flexibility index (Phi) is 7.11. The van der Waals surface area contributed by atoms with E-state index in [4.69, 9.17) is 9.79 Å². The molecule has 166 valence electrons. The molecule has 4 N–H and O–H groups in total. The molecule has 0 aliphatic rings. The molecule has 3 rings (SSSR count). The lowest BCUT2D eigenvalue weighted by Crippen LogP contribution is -2.07. The van der Waals surface area contributed by atoms with Crippen LogP contribution in [0.15, 0.2) is 106 Å². The average Bonchev–Trinajstić information content (AvgIpc) is 2.68. The Morgan fingerprint density at radius 3 is 1.16 bits per heavy atom. The lowest BCUT2D eigenvalue weighted by Gasteiger charge is -2.42. The molecule has 0 saturated carbocycles. The van der Waals surface area contributed by atoms with Gasteiger partial charge < -0.3 is 19.6 Å². The zero-order valence-electron chi connectivity index (χ0n) is 15.7. The minimum Gasteiger partial charge on any atom is -0.316 e. The third kappa shape index (κ3) is 5.28. The van der Waals surface area contributed by atoms with Crippen LogP contribution in [0.3, 0.4) is 0 Å². The predicted molar refractivity (Wildman–Crippen MR) is 116 cm³/mol. The van der Waals surface area contributed by atoms with Crippen molar-refractivity contribution in [3.63, 3.8) is 0 Å². The Morgan fingerprint density at radius 1 is 0.548 bits per heavy atom. The Bertz CT molecular complexity index is 1070. The number of rotatable bonds is 8. The quantitative estimate of drug-likeness (QED) is 0.300. The molecule has 2 atom stereocenters. The van der Waals surface area contributed by atoms with Crippen LogP contribution >= 0.6 is 32.1 Å². The van der Waals surface area contributed by atoms with Gasteiger partial charge in [-0.05, 0) is 36.4 Å². The molecular weight excluding hydrogens is 485 g/mol. The molecule has 3 aromatic carbocycles. The summed E-state index contributed by atoms with van der Waals surface area (Å²) in [6.07, 6.45) is 0. The monoisotopic (exact) mass is 504 g/mol. The maximum Gasteiger partial charge on any atom is 0.488 e. The van der Waals surface area contributed by atoms with Crippen molar-refractivity contribution < 1.29 is 41.9 Å². The van der Waals surface area contributed by atoms with E-state index in [2.05, 4.69) is 8.62 Å². The van der Waals surface area contributed by atoms with Crippen LogP contribution in [0.1, 0.15) is 0 Å². The maximum absolute atomic E-state index is 13.8. The van der Waals surface area contributed by atoms with Crippen LogP contribution in [0.25, 0.3) is 0 Å². The van der Waals surface area contributed by atoms with Crippen molar-refractivity contribution in [2.75, 3.05) is 0 Å². The highest BCUT2D eigenvalue weighted by molar-refractivity contribution is 8.77. The van der Waals surface area contributed by atoms with Gasteiger partial charge in [-0.25, -0.2) is 13.7 Å². The minimum atomic E-state index is -5.65. The topological polar surface area (TPSA) is 151 Å². The van der Waals surface area contributed by atoms with Crippen LogP contribution < -0.4 is 0 Å². The van der Waals surface area contributed by atoms with Crippen LogP contribution in [-0.4, -0.2) is 19.6 Å². The molecule has 0 saturated heterocycles. The fourth-order valence-electron chi connectivity index (χ4n) is 2.99. The molecule has 0 heterocycles. The fraction of sp³-hybridized carbons (Fsp3) is 0. The normalized spacial score (nSPS) is 16.8. The summed E-state index contributed by atoms with van der Waals surface area (Å²) in [6, 6.07) is 24.3. The van der Waals surface area contributed by atoms with Crippen LogP contribution in [0.5, 0.6) is 0 Å². The van der Waals surface area contributed by atoms with E-state index in [1.54, 1.807) is 91.0 Å². The molecule has 3 aromatic rings. The fourth-order valence-corrected chi connectivity index (χ4v) is 14.3. The second-order valence-corrected chi connectivity index (χ2v) is 15.9. The lowest BCUT2D eigenvalue weighted by molar-refractivity contribution is 0.225. The van der Waals surface area contributed by atoms with Gasteiger partial charge in [0.15, 0.2) is 0 Å². The van der Waals surface area contributed by atoms with Gasteiger partial charge in [-0.15, -0.1) is 0 Å². The molecule has 9 nitrogen and oxygen atoms in total. The Balaban J connectivity index is 2.34. The summed E-state index contributed by atoms with van der Waals surface area (Å²) in [5.74, 6) is 0.